The molecule has 2 unspecified atom stereocenters. The summed E-state index contributed by atoms with van der Waals surface area (Å²) in [6, 6.07) is 0.913. The molecule has 26 heavy (non-hydrogen) atoms. The summed E-state index contributed by atoms with van der Waals surface area (Å²) < 4.78 is 17.7. The van der Waals surface area contributed by atoms with Gasteiger partial charge in [-0.05, 0) is 63.9 Å². The van der Waals surface area contributed by atoms with E-state index in [0.29, 0.717) is 25.1 Å². The molecule has 2 atom stereocenters. The molecular formula is C19H38O4S2Si. The van der Waals surface area contributed by atoms with Gasteiger partial charge in [-0.15, -0.1) is 0 Å². The molecule has 7 heteroatoms. The topological polar surface area (TPSA) is 44.8 Å². The highest BCUT2D eigenvalue weighted by atomic mass is 32.2. The number of thioether (sulfide) groups is 2. The van der Waals surface area contributed by atoms with E-state index >= 15 is 0 Å². The third kappa shape index (κ3) is 10.1. The summed E-state index contributed by atoms with van der Waals surface area (Å²) in [6.07, 6.45) is 7.43. The first-order valence-electron chi connectivity index (χ1n) is 10.2. The Kier molecular flexibility index (Phi) is 13.6. The lowest BCUT2D eigenvalue weighted by Crippen LogP contribution is -2.46. The summed E-state index contributed by atoms with van der Waals surface area (Å²) in [4.78, 5) is 11.3. The fraction of sp³-hybridized carbons (Fsp3) is 0.947. The molecule has 1 fully saturated rings. The van der Waals surface area contributed by atoms with E-state index in [4.69, 9.17) is 13.3 Å². The lowest BCUT2D eigenvalue weighted by Gasteiger charge is -2.28. The van der Waals surface area contributed by atoms with Gasteiger partial charge in [-0.3, -0.25) is 4.79 Å². The van der Waals surface area contributed by atoms with Crippen molar-refractivity contribution in [1.82, 2.24) is 0 Å². The molecular weight excluding hydrogens is 384 g/mol. The molecule has 4 nitrogen and oxygen atoms in total. The first kappa shape index (κ1) is 24.5. The number of hydrogen-bond acceptors (Lipinski definition) is 6. The molecule has 0 radical (unpaired) electrons. The number of rotatable bonds is 14. The lowest BCUT2D eigenvalue weighted by atomic mass is 9.87. The average Bonchev–Trinajstić information content (AvgIpc) is 2.58. The molecule has 1 rings (SSSR count). The minimum atomic E-state index is -2.46. The Morgan fingerprint density at radius 2 is 1.69 bits per heavy atom. The molecule has 0 amide bonds. The number of hydrogen-bond donors (Lipinski definition) is 0. The Morgan fingerprint density at radius 3 is 2.27 bits per heavy atom. The van der Waals surface area contributed by atoms with Crippen LogP contribution >= 0.6 is 23.5 Å². The van der Waals surface area contributed by atoms with E-state index in [-0.39, 0.29) is 5.12 Å². The van der Waals surface area contributed by atoms with Gasteiger partial charge in [-0.25, -0.2) is 0 Å². The van der Waals surface area contributed by atoms with Crippen LogP contribution in [0.3, 0.4) is 0 Å². The molecule has 0 saturated heterocycles. The smallest absolute Gasteiger partial charge is 0.374 e. The van der Waals surface area contributed by atoms with Crippen molar-refractivity contribution in [3.05, 3.63) is 0 Å². The van der Waals surface area contributed by atoms with Gasteiger partial charge in [0.1, 0.15) is 0 Å². The molecule has 0 N–H and O–H groups in total. The second kappa shape index (κ2) is 14.5. The molecule has 0 spiro atoms. The Morgan fingerprint density at radius 1 is 1.04 bits per heavy atom. The molecule has 0 aliphatic heterocycles. The number of carbonyl (C=O) groups excluding carboxylic acids is 1. The van der Waals surface area contributed by atoms with E-state index in [1.165, 1.54) is 37.9 Å². The van der Waals surface area contributed by atoms with Gasteiger partial charge in [0.2, 0.25) is 0 Å². The maximum atomic E-state index is 11.3. The highest BCUT2D eigenvalue weighted by molar-refractivity contribution is 8.14. The SMILES string of the molecule is CCO[Si](CCCSCCC1CCCC(SC(C)=O)C1)(OCC)OCC. The largest absolute Gasteiger partial charge is 0.500 e. The molecule has 0 aromatic rings. The summed E-state index contributed by atoms with van der Waals surface area (Å²) >= 11 is 3.60. The van der Waals surface area contributed by atoms with Crippen molar-refractivity contribution in [1.29, 1.82) is 0 Å². The van der Waals surface area contributed by atoms with Crippen molar-refractivity contribution in [2.24, 2.45) is 5.92 Å². The van der Waals surface area contributed by atoms with Crippen LogP contribution in [-0.2, 0) is 18.1 Å². The van der Waals surface area contributed by atoms with Crippen LogP contribution < -0.4 is 0 Å². The van der Waals surface area contributed by atoms with Gasteiger partial charge < -0.3 is 13.3 Å². The normalized spacial score (nSPS) is 21.1. The summed E-state index contributed by atoms with van der Waals surface area (Å²) in [7, 11) is -2.46. The fourth-order valence-corrected chi connectivity index (χ4v) is 8.63. The first-order valence-corrected chi connectivity index (χ1v) is 14.2. The Balaban J connectivity index is 2.21. The van der Waals surface area contributed by atoms with Gasteiger partial charge in [0.05, 0.1) is 0 Å². The van der Waals surface area contributed by atoms with Gasteiger partial charge in [0, 0.05) is 38.0 Å². The second-order valence-corrected chi connectivity index (χ2v) is 12.2. The van der Waals surface area contributed by atoms with E-state index in [1.54, 1.807) is 18.7 Å². The molecule has 154 valence electrons. The highest BCUT2D eigenvalue weighted by Gasteiger charge is 2.39. The first-order chi connectivity index (χ1) is 12.5. The molecule has 0 bridgehead atoms. The van der Waals surface area contributed by atoms with Crippen LogP contribution in [0.4, 0.5) is 0 Å². The van der Waals surface area contributed by atoms with Gasteiger partial charge in [0.15, 0.2) is 5.12 Å². The van der Waals surface area contributed by atoms with Crippen molar-refractivity contribution >= 4 is 37.4 Å². The quantitative estimate of drug-likeness (QED) is 0.276. The van der Waals surface area contributed by atoms with Crippen molar-refractivity contribution in [2.45, 2.75) is 77.5 Å². The van der Waals surface area contributed by atoms with E-state index < -0.39 is 8.80 Å². The van der Waals surface area contributed by atoms with Crippen LogP contribution in [0.1, 0.15) is 66.2 Å². The van der Waals surface area contributed by atoms with Crippen LogP contribution in [0.15, 0.2) is 0 Å². The zero-order valence-electron chi connectivity index (χ0n) is 17.1. The van der Waals surface area contributed by atoms with E-state index in [2.05, 4.69) is 0 Å². The van der Waals surface area contributed by atoms with Crippen molar-refractivity contribution in [3.63, 3.8) is 0 Å². The van der Waals surface area contributed by atoms with Crippen molar-refractivity contribution in [2.75, 3.05) is 31.3 Å². The van der Waals surface area contributed by atoms with Crippen LogP contribution in [0.2, 0.25) is 6.04 Å². The molecule has 0 aromatic carbocycles. The summed E-state index contributed by atoms with van der Waals surface area (Å²) in [5.74, 6) is 3.16. The minimum Gasteiger partial charge on any atom is -0.374 e. The van der Waals surface area contributed by atoms with E-state index in [9.17, 15) is 4.79 Å². The van der Waals surface area contributed by atoms with E-state index in [0.717, 1.165) is 24.1 Å². The minimum absolute atomic E-state index is 0.274. The van der Waals surface area contributed by atoms with Crippen LogP contribution in [0.25, 0.3) is 0 Å². The average molecular weight is 423 g/mol. The molecule has 1 saturated carbocycles. The van der Waals surface area contributed by atoms with Crippen LogP contribution in [0.5, 0.6) is 0 Å². The summed E-state index contributed by atoms with van der Waals surface area (Å²) in [6.45, 7) is 9.69. The van der Waals surface area contributed by atoms with Gasteiger partial charge in [-0.2, -0.15) is 11.8 Å². The molecule has 1 aliphatic rings. The zero-order valence-corrected chi connectivity index (χ0v) is 19.7. The van der Waals surface area contributed by atoms with Crippen molar-refractivity contribution < 1.29 is 18.1 Å². The predicted octanol–water partition coefficient (Wildman–Crippen LogP) is 5.39. The van der Waals surface area contributed by atoms with Crippen LogP contribution in [-0.4, -0.2) is 50.5 Å². The fourth-order valence-electron chi connectivity index (χ4n) is 3.59. The third-order valence-electron chi connectivity index (χ3n) is 4.60. The third-order valence-corrected chi connectivity index (χ3v) is 9.95. The molecule has 0 aromatic heterocycles. The van der Waals surface area contributed by atoms with E-state index in [1.807, 2.05) is 32.5 Å². The maximum Gasteiger partial charge on any atom is 0.500 e. The second-order valence-electron chi connectivity index (χ2n) is 6.75. The highest BCUT2D eigenvalue weighted by Crippen LogP contribution is 2.34. The van der Waals surface area contributed by atoms with Crippen LogP contribution in [0, 0.1) is 5.92 Å². The maximum absolute atomic E-state index is 11.3. The van der Waals surface area contributed by atoms with Gasteiger partial charge in [-0.1, -0.05) is 24.6 Å². The van der Waals surface area contributed by atoms with Crippen molar-refractivity contribution in [3.8, 4) is 0 Å². The summed E-state index contributed by atoms with van der Waals surface area (Å²) in [5.41, 5.74) is 0. The standard InChI is InChI=1S/C19H38O4S2Si/c1-5-21-26(22-6-2,23-7-3)15-9-13-24-14-12-18-10-8-11-19(16-18)25-17(4)20/h18-19H,5-16H2,1-4H3. The molecule has 0 heterocycles. The van der Waals surface area contributed by atoms with Gasteiger partial charge >= 0.3 is 8.80 Å². The predicted molar refractivity (Wildman–Crippen MR) is 116 cm³/mol. The Labute approximate surface area is 170 Å². The monoisotopic (exact) mass is 422 g/mol. The Hall–Kier alpha value is 0.467. The molecule has 1 aliphatic carbocycles. The zero-order chi connectivity index (χ0) is 19.3. The van der Waals surface area contributed by atoms with Gasteiger partial charge in [0.25, 0.3) is 0 Å². The summed E-state index contributed by atoms with van der Waals surface area (Å²) in [5, 5.41) is 0.835. The Bertz CT molecular complexity index is 368. The number of carbonyl (C=O) groups is 1. The lowest BCUT2D eigenvalue weighted by molar-refractivity contribution is -0.109.